The summed E-state index contributed by atoms with van der Waals surface area (Å²) in [4.78, 5) is 0. The van der Waals surface area contributed by atoms with Crippen molar-refractivity contribution in [2.45, 2.75) is 13.5 Å². The van der Waals surface area contributed by atoms with Crippen LogP contribution in [-0.2, 0) is 13.7 Å². The molecule has 2 N–H and O–H groups in total. The van der Waals surface area contributed by atoms with Gasteiger partial charge in [-0.15, -0.1) is 0 Å². The zero-order valence-corrected chi connectivity index (χ0v) is 10.5. The van der Waals surface area contributed by atoms with E-state index in [-0.39, 0.29) is 0 Å². The van der Waals surface area contributed by atoms with Crippen LogP contribution >= 0.6 is 11.6 Å². The van der Waals surface area contributed by atoms with E-state index in [1.807, 2.05) is 20.0 Å². The lowest BCUT2D eigenvalue weighted by Crippen LogP contribution is -2.03. The van der Waals surface area contributed by atoms with Gasteiger partial charge in [-0.2, -0.15) is 5.10 Å². The van der Waals surface area contributed by atoms with Crippen molar-refractivity contribution in [3.63, 3.8) is 0 Å². The van der Waals surface area contributed by atoms with Crippen LogP contribution < -0.4 is 10.5 Å². The third-order valence-electron chi connectivity index (χ3n) is 2.43. The van der Waals surface area contributed by atoms with Gasteiger partial charge in [0.05, 0.1) is 16.4 Å². The fourth-order valence-corrected chi connectivity index (χ4v) is 1.75. The normalized spacial score (nSPS) is 10.5. The molecule has 0 unspecified atom stereocenters. The lowest BCUT2D eigenvalue weighted by Gasteiger charge is -2.08. The van der Waals surface area contributed by atoms with Crippen LogP contribution in [0.4, 0.5) is 5.69 Å². The largest absolute Gasteiger partial charge is 0.486 e. The Labute approximate surface area is 105 Å². The third kappa shape index (κ3) is 2.71. The first-order valence-electron chi connectivity index (χ1n) is 5.23. The summed E-state index contributed by atoms with van der Waals surface area (Å²) in [5.41, 5.74) is 8.25. The van der Waals surface area contributed by atoms with Crippen molar-refractivity contribution in [2.75, 3.05) is 5.73 Å². The van der Waals surface area contributed by atoms with Crippen LogP contribution in [0, 0.1) is 6.92 Å². The van der Waals surface area contributed by atoms with Crippen LogP contribution in [0.3, 0.4) is 0 Å². The third-order valence-corrected chi connectivity index (χ3v) is 2.74. The summed E-state index contributed by atoms with van der Waals surface area (Å²) in [5, 5.41) is 4.80. The average molecular weight is 252 g/mol. The summed E-state index contributed by atoms with van der Waals surface area (Å²) < 4.78 is 7.41. The number of benzene rings is 1. The van der Waals surface area contributed by atoms with Crippen molar-refractivity contribution in [1.82, 2.24) is 9.78 Å². The van der Waals surface area contributed by atoms with Gasteiger partial charge in [-0.3, -0.25) is 4.68 Å². The van der Waals surface area contributed by atoms with E-state index in [1.165, 1.54) is 0 Å². The average Bonchev–Trinajstić information content (AvgIpc) is 2.59. The molecule has 1 aromatic carbocycles. The van der Waals surface area contributed by atoms with E-state index >= 15 is 0 Å². The molecule has 2 aromatic rings. The number of anilines is 1. The Balaban J connectivity index is 2.12. The maximum absolute atomic E-state index is 6.00. The lowest BCUT2D eigenvalue weighted by molar-refractivity contribution is 0.295. The number of ether oxygens (including phenoxy) is 1. The number of nitrogen functional groups attached to an aromatic ring is 1. The number of nitrogens with two attached hydrogens (primary N) is 1. The fourth-order valence-electron chi connectivity index (χ4n) is 1.58. The van der Waals surface area contributed by atoms with E-state index in [9.17, 15) is 0 Å². The first-order valence-corrected chi connectivity index (χ1v) is 5.61. The van der Waals surface area contributed by atoms with Crippen LogP contribution in [-0.4, -0.2) is 9.78 Å². The molecule has 0 radical (unpaired) electrons. The highest BCUT2D eigenvalue weighted by molar-refractivity contribution is 6.32. The summed E-state index contributed by atoms with van der Waals surface area (Å²) in [6.45, 7) is 2.36. The minimum atomic E-state index is 0.417. The maximum Gasteiger partial charge on any atom is 0.140 e. The van der Waals surface area contributed by atoms with Crippen LogP contribution in [0.15, 0.2) is 24.3 Å². The van der Waals surface area contributed by atoms with Gasteiger partial charge in [0.2, 0.25) is 0 Å². The predicted octanol–water partition coefficient (Wildman–Crippen LogP) is 2.54. The molecule has 2 rings (SSSR count). The zero-order chi connectivity index (χ0) is 12.4. The van der Waals surface area contributed by atoms with Gasteiger partial charge in [0.25, 0.3) is 0 Å². The SMILES string of the molecule is Cc1cc(COc2cc(N)ccc2Cl)n(C)n1. The summed E-state index contributed by atoms with van der Waals surface area (Å²) in [5.74, 6) is 0.588. The summed E-state index contributed by atoms with van der Waals surface area (Å²) in [6.07, 6.45) is 0. The molecule has 0 spiro atoms. The predicted molar refractivity (Wildman–Crippen MR) is 68.1 cm³/mol. The second kappa shape index (κ2) is 4.67. The van der Waals surface area contributed by atoms with Gasteiger partial charge in [0.15, 0.2) is 0 Å². The van der Waals surface area contributed by atoms with Gasteiger partial charge >= 0.3 is 0 Å². The number of aryl methyl sites for hydroxylation is 2. The number of nitrogens with zero attached hydrogens (tertiary/aromatic N) is 2. The smallest absolute Gasteiger partial charge is 0.140 e. The zero-order valence-electron chi connectivity index (χ0n) is 9.77. The maximum atomic E-state index is 6.00. The van der Waals surface area contributed by atoms with E-state index in [2.05, 4.69) is 5.10 Å². The number of halogens is 1. The molecule has 0 atom stereocenters. The second-order valence-corrected chi connectivity index (χ2v) is 4.29. The molecule has 90 valence electrons. The molecule has 1 aromatic heterocycles. The van der Waals surface area contributed by atoms with Crippen molar-refractivity contribution in [1.29, 1.82) is 0 Å². The molecule has 0 aliphatic carbocycles. The highest BCUT2D eigenvalue weighted by atomic mass is 35.5. The highest BCUT2D eigenvalue weighted by Crippen LogP contribution is 2.27. The Morgan fingerprint density at radius 3 is 2.82 bits per heavy atom. The van der Waals surface area contributed by atoms with Crippen molar-refractivity contribution < 1.29 is 4.74 Å². The van der Waals surface area contributed by atoms with Crippen LogP contribution in [0.2, 0.25) is 5.02 Å². The Morgan fingerprint density at radius 1 is 1.41 bits per heavy atom. The van der Waals surface area contributed by atoms with E-state index in [4.69, 9.17) is 22.1 Å². The molecular weight excluding hydrogens is 238 g/mol. The number of hydrogen-bond donors (Lipinski definition) is 1. The van der Waals surface area contributed by atoms with Crippen molar-refractivity contribution in [2.24, 2.45) is 7.05 Å². The Kier molecular flexibility index (Phi) is 3.24. The van der Waals surface area contributed by atoms with Crippen LogP contribution in [0.5, 0.6) is 5.75 Å². The van der Waals surface area contributed by atoms with Gasteiger partial charge in [-0.05, 0) is 25.1 Å². The molecule has 0 aliphatic heterocycles. The van der Waals surface area contributed by atoms with E-state index in [0.717, 1.165) is 11.4 Å². The quantitative estimate of drug-likeness (QED) is 0.853. The van der Waals surface area contributed by atoms with Crippen molar-refractivity contribution in [3.8, 4) is 5.75 Å². The van der Waals surface area contributed by atoms with E-state index in [1.54, 1.807) is 22.9 Å². The Morgan fingerprint density at radius 2 is 2.18 bits per heavy atom. The summed E-state index contributed by atoms with van der Waals surface area (Å²) in [7, 11) is 1.88. The van der Waals surface area contributed by atoms with Gasteiger partial charge < -0.3 is 10.5 Å². The molecule has 5 heteroatoms. The first-order chi connectivity index (χ1) is 8.06. The molecular formula is C12H14ClN3O. The van der Waals surface area contributed by atoms with Gasteiger partial charge in [-0.25, -0.2) is 0 Å². The summed E-state index contributed by atoms with van der Waals surface area (Å²) >= 11 is 6.00. The number of rotatable bonds is 3. The number of aromatic nitrogens is 2. The topological polar surface area (TPSA) is 53.1 Å². The highest BCUT2D eigenvalue weighted by Gasteiger charge is 2.06. The molecule has 0 aliphatic rings. The standard InChI is InChI=1S/C12H14ClN3O/c1-8-5-10(16(2)15-8)7-17-12-6-9(14)3-4-11(12)13/h3-6H,7,14H2,1-2H3. The van der Waals surface area contributed by atoms with Gasteiger partial charge in [0, 0.05) is 18.8 Å². The monoisotopic (exact) mass is 251 g/mol. The molecule has 0 bridgehead atoms. The Hall–Kier alpha value is -1.68. The van der Waals surface area contributed by atoms with Gasteiger partial charge in [-0.1, -0.05) is 11.6 Å². The summed E-state index contributed by atoms with van der Waals surface area (Å²) in [6, 6.07) is 7.15. The van der Waals surface area contributed by atoms with Crippen molar-refractivity contribution in [3.05, 3.63) is 40.7 Å². The molecule has 0 amide bonds. The number of hydrogen-bond acceptors (Lipinski definition) is 3. The van der Waals surface area contributed by atoms with E-state index < -0.39 is 0 Å². The molecule has 0 saturated heterocycles. The fraction of sp³-hybridized carbons (Fsp3) is 0.250. The van der Waals surface area contributed by atoms with Crippen molar-refractivity contribution >= 4 is 17.3 Å². The first kappa shape index (κ1) is 11.8. The molecule has 1 heterocycles. The Bertz CT molecular complexity index is 537. The molecule has 0 fully saturated rings. The second-order valence-electron chi connectivity index (χ2n) is 3.88. The minimum Gasteiger partial charge on any atom is -0.486 e. The molecule has 17 heavy (non-hydrogen) atoms. The van der Waals surface area contributed by atoms with E-state index in [0.29, 0.717) is 23.1 Å². The molecule has 0 saturated carbocycles. The lowest BCUT2D eigenvalue weighted by atomic mass is 10.3. The molecule has 4 nitrogen and oxygen atoms in total. The van der Waals surface area contributed by atoms with Crippen LogP contribution in [0.1, 0.15) is 11.4 Å². The van der Waals surface area contributed by atoms with Gasteiger partial charge in [0.1, 0.15) is 12.4 Å². The van der Waals surface area contributed by atoms with Crippen LogP contribution in [0.25, 0.3) is 0 Å². The minimum absolute atomic E-state index is 0.417.